The number of hydrogen-bond acceptors (Lipinski definition) is 0. The first-order valence-corrected chi connectivity index (χ1v) is 3.91. The van der Waals surface area contributed by atoms with Gasteiger partial charge in [-0.05, 0) is 40.8 Å². The van der Waals surface area contributed by atoms with Crippen molar-refractivity contribution in [3.8, 4) is 0 Å². The second-order valence-electron chi connectivity index (χ2n) is 2.00. The summed E-state index contributed by atoms with van der Waals surface area (Å²) in [6.07, 6.45) is -2.60. The lowest BCUT2D eigenvalue weighted by Gasteiger charge is -1.99. The average molecular weight is 272 g/mol. The summed E-state index contributed by atoms with van der Waals surface area (Å²) in [5.41, 5.74) is -0.269. The Labute approximate surface area is 75.6 Å². The summed E-state index contributed by atoms with van der Waals surface area (Å²) in [6.45, 7) is 0. The van der Waals surface area contributed by atoms with E-state index in [4.69, 9.17) is 0 Å². The van der Waals surface area contributed by atoms with Crippen LogP contribution in [0.15, 0.2) is 18.2 Å². The molecule has 0 saturated heterocycles. The van der Waals surface area contributed by atoms with E-state index in [2.05, 4.69) is 0 Å². The minimum atomic E-state index is -2.60. The molecule has 0 bridgehead atoms. The molecule has 1 aromatic rings. The van der Waals surface area contributed by atoms with Gasteiger partial charge < -0.3 is 0 Å². The molecule has 0 aliphatic rings. The van der Waals surface area contributed by atoms with Crippen LogP contribution in [0.2, 0.25) is 0 Å². The van der Waals surface area contributed by atoms with Gasteiger partial charge in [0.15, 0.2) is 0 Å². The summed E-state index contributed by atoms with van der Waals surface area (Å²) in [5.74, 6) is -0.618. The van der Waals surface area contributed by atoms with Crippen LogP contribution in [-0.2, 0) is 0 Å². The highest BCUT2D eigenvalue weighted by atomic mass is 127. The maximum absolute atomic E-state index is 12.5. The SMILES string of the molecule is Fc1cc(I)cc(C(F)F)c1. The van der Waals surface area contributed by atoms with Crippen molar-refractivity contribution in [1.29, 1.82) is 0 Å². The van der Waals surface area contributed by atoms with Crippen LogP contribution in [0.4, 0.5) is 13.2 Å². The maximum atomic E-state index is 12.5. The van der Waals surface area contributed by atoms with Gasteiger partial charge >= 0.3 is 0 Å². The summed E-state index contributed by atoms with van der Waals surface area (Å²) < 4.78 is 36.8. The van der Waals surface area contributed by atoms with E-state index in [-0.39, 0.29) is 5.56 Å². The smallest absolute Gasteiger partial charge is 0.207 e. The molecule has 11 heavy (non-hydrogen) atoms. The van der Waals surface area contributed by atoms with E-state index in [0.29, 0.717) is 3.57 Å². The second-order valence-corrected chi connectivity index (χ2v) is 3.25. The second kappa shape index (κ2) is 3.42. The number of halogens is 4. The summed E-state index contributed by atoms with van der Waals surface area (Å²) in [4.78, 5) is 0. The van der Waals surface area contributed by atoms with Crippen molar-refractivity contribution in [3.63, 3.8) is 0 Å². The number of benzene rings is 1. The zero-order valence-electron chi connectivity index (χ0n) is 5.32. The van der Waals surface area contributed by atoms with Gasteiger partial charge in [0, 0.05) is 9.13 Å². The highest BCUT2D eigenvalue weighted by Crippen LogP contribution is 2.21. The standard InChI is InChI=1S/C7H4F3I/c8-5-1-4(7(9)10)2-6(11)3-5/h1-3,7H. The van der Waals surface area contributed by atoms with E-state index >= 15 is 0 Å². The van der Waals surface area contributed by atoms with Gasteiger partial charge in [0.1, 0.15) is 5.82 Å². The topological polar surface area (TPSA) is 0 Å². The van der Waals surface area contributed by atoms with Crippen LogP contribution < -0.4 is 0 Å². The Kier molecular flexibility index (Phi) is 2.75. The molecule has 0 N–H and O–H groups in total. The van der Waals surface area contributed by atoms with E-state index in [1.807, 2.05) is 0 Å². The third-order valence-corrected chi connectivity index (χ3v) is 1.76. The molecule has 0 unspecified atom stereocenters. The quantitative estimate of drug-likeness (QED) is 0.687. The fourth-order valence-electron chi connectivity index (χ4n) is 0.701. The minimum Gasteiger partial charge on any atom is -0.207 e. The molecule has 0 heterocycles. The van der Waals surface area contributed by atoms with E-state index in [1.54, 1.807) is 22.6 Å². The van der Waals surface area contributed by atoms with Crippen molar-refractivity contribution >= 4 is 22.6 Å². The number of hydrogen-bond donors (Lipinski definition) is 0. The molecule has 1 rings (SSSR count). The Bertz CT molecular complexity index is 240. The van der Waals surface area contributed by atoms with Crippen molar-refractivity contribution in [2.45, 2.75) is 6.43 Å². The molecule has 0 saturated carbocycles. The molecule has 0 atom stereocenters. The molecule has 4 heteroatoms. The lowest BCUT2D eigenvalue weighted by Crippen LogP contribution is -1.87. The Hall–Kier alpha value is -0.260. The highest BCUT2D eigenvalue weighted by Gasteiger charge is 2.08. The maximum Gasteiger partial charge on any atom is 0.263 e. The zero-order valence-corrected chi connectivity index (χ0v) is 7.48. The van der Waals surface area contributed by atoms with Crippen LogP contribution in [0.25, 0.3) is 0 Å². The Balaban J connectivity index is 3.08. The van der Waals surface area contributed by atoms with Crippen molar-refractivity contribution in [2.24, 2.45) is 0 Å². The summed E-state index contributed by atoms with van der Waals surface area (Å²) >= 11 is 1.79. The average Bonchev–Trinajstić information content (AvgIpc) is 1.85. The zero-order chi connectivity index (χ0) is 8.43. The van der Waals surface area contributed by atoms with Crippen LogP contribution in [0, 0.1) is 9.39 Å². The first kappa shape index (κ1) is 8.83. The number of alkyl halides is 2. The van der Waals surface area contributed by atoms with Gasteiger partial charge in [-0.15, -0.1) is 0 Å². The molecule has 0 spiro atoms. The van der Waals surface area contributed by atoms with E-state index < -0.39 is 12.2 Å². The third-order valence-electron chi connectivity index (χ3n) is 1.14. The van der Waals surface area contributed by atoms with Crippen LogP contribution in [0.1, 0.15) is 12.0 Å². The van der Waals surface area contributed by atoms with Crippen LogP contribution >= 0.6 is 22.6 Å². The van der Waals surface area contributed by atoms with Gasteiger partial charge in [-0.3, -0.25) is 0 Å². The Morgan fingerprint density at radius 1 is 1.18 bits per heavy atom. The fraction of sp³-hybridized carbons (Fsp3) is 0.143. The van der Waals surface area contributed by atoms with E-state index in [9.17, 15) is 13.2 Å². The van der Waals surface area contributed by atoms with Crippen LogP contribution in [0.5, 0.6) is 0 Å². The summed E-state index contributed by atoms with van der Waals surface area (Å²) in [7, 11) is 0. The molecule has 0 aliphatic carbocycles. The Morgan fingerprint density at radius 3 is 2.27 bits per heavy atom. The normalized spacial score (nSPS) is 10.6. The monoisotopic (exact) mass is 272 g/mol. The molecule has 60 valence electrons. The minimum absolute atomic E-state index is 0.269. The molecular weight excluding hydrogens is 268 g/mol. The van der Waals surface area contributed by atoms with Crippen molar-refractivity contribution in [3.05, 3.63) is 33.1 Å². The van der Waals surface area contributed by atoms with Gasteiger partial charge in [0.05, 0.1) is 0 Å². The van der Waals surface area contributed by atoms with Gasteiger partial charge in [-0.25, -0.2) is 13.2 Å². The van der Waals surface area contributed by atoms with Gasteiger partial charge in [0.25, 0.3) is 6.43 Å². The molecule has 0 aromatic heterocycles. The molecule has 0 nitrogen and oxygen atoms in total. The molecule has 0 aliphatic heterocycles. The molecule has 0 radical (unpaired) electrons. The first-order valence-electron chi connectivity index (χ1n) is 2.84. The van der Waals surface area contributed by atoms with E-state index in [1.165, 1.54) is 12.1 Å². The van der Waals surface area contributed by atoms with Gasteiger partial charge in [0.2, 0.25) is 0 Å². The lowest BCUT2D eigenvalue weighted by atomic mass is 10.2. The predicted molar refractivity (Wildman–Crippen MR) is 44.1 cm³/mol. The number of rotatable bonds is 1. The van der Waals surface area contributed by atoms with Crippen LogP contribution in [-0.4, -0.2) is 0 Å². The van der Waals surface area contributed by atoms with Crippen LogP contribution in [0.3, 0.4) is 0 Å². The molecule has 0 amide bonds. The predicted octanol–water partition coefficient (Wildman–Crippen LogP) is 3.37. The van der Waals surface area contributed by atoms with Crippen molar-refractivity contribution in [1.82, 2.24) is 0 Å². The summed E-state index contributed by atoms with van der Waals surface area (Å²) in [6, 6.07) is 3.30. The van der Waals surface area contributed by atoms with Crippen molar-refractivity contribution < 1.29 is 13.2 Å². The molecular formula is C7H4F3I. The lowest BCUT2D eigenvalue weighted by molar-refractivity contribution is 0.151. The largest absolute Gasteiger partial charge is 0.263 e. The van der Waals surface area contributed by atoms with Gasteiger partial charge in [-0.1, -0.05) is 0 Å². The van der Waals surface area contributed by atoms with E-state index in [0.717, 1.165) is 6.07 Å². The molecule has 0 fully saturated rings. The van der Waals surface area contributed by atoms with Crippen molar-refractivity contribution in [2.75, 3.05) is 0 Å². The third kappa shape index (κ3) is 2.36. The first-order chi connectivity index (χ1) is 5.09. The Morgan fingerprint density at radius 2 is 1.82 bits per heavy atom. The molecule has 1 aromatic carbocycles. The van der Waals surface area contributed by atoms with Gasteiger partial charge in [-0.2, -0.15) is 0 Å². The highest BCUT2D eigenvalue weighted by molar-refractivity contribution is 14.1. The summed E-state index contributed by atoms with van der Waals surface area (Å²) in [5, 5.41) is 0. The fourth-order valence-corrected chi connectivity index (χ4v) is 1.36.